The van der Waals surface area contributed by atoms with Gasteiger partial charge in [-0.05, 0) is 38.1 Å². The maximum absolute atomic E-state index is 13.9. The highest BCUT2D eigenvalue weighted by molar-refractivity contribution is 7.47. The Morgan fingerprint density at radius 1 is 0.632 bits per heavy atom. The van der Waals surface area contributed by atoms with Gasteiger partial charge in [-0.2, -0.15) is 0 Å². The summed E-state index contributed by atoms with van der Waals surface area (Å²) in [6.45, 7) is 1.08. The predicted molar refractivity (Wildman–Crippen MR) is 213 cm³/mol. The number of hydrogen-bond donors (Lipinski definition) is 6. The van der Waals surface area contributed by atoms with Gasteiger partial charge in [-0.15, -0.1) is 0 Å². The van der Waals surface area contributed by atoms with Gasteiger partial charge in [0.05, 0.1) is 71.1 Å². The van der Waals surface area contributed by atoms with Gasteiger partial charge in [0.1, 0.15) is 0 Å². The van der Waals surface area contributed by atoms with E-state index >= 15 is 0 Å². The van der Waals surface area contributed by atoms with Crippen molar-refractivity contribution < 1.29 is 52.1 Å². The highest BCUT2D eigenvalue weighted by Gasteiger charge is 2.36. The number of fused-ring (bicyclic) bond motifs is 2. The first-order chi connectivity index (χ1) is 27.2. The van der Waals surface area contributed by atoms with Crippen molar-refractivity contribution in [2.24, 2.45) is 0 Å². The number of aromatic nitrogens is 2. The number of carbonyl (C=O) groups excluding carboxylic acids is 2. The van der Waals surface area contributed by atoms with Crippen LogP contribution in [0.5, 0.6) is 0 Å². The van der Waals surface area contributed by atoms with Gasteiger partial charge in [0.25, 0.3) is 11.8 Å². The van der Waals surface area contributed by atoms with E-state index in [1.54, 1.807) is 60.7 Å². The molecule has 2 heterocycles. The first-order valence-electron chi connectivity index (χ1n) is 17.7. The molecule has 0 fully saturated rings. The second kappa shape index (κ2) is 18.0. The first kappa shape index (κ1) is 41.5. The van der Waals surface area contributed by atoms with Crippen LogP contribution in [0.15, 0.2) is 121 Å². The van der Waals surface area contributed by atoms with Gasteiger partial charge in [0.15, 0.2) is 0 Å². The van der Waals surface area contributed by atoms with Gasteiger partial charge in [-0.3, -0.25) is 23.2 Å². The minimum absolute atomic E-state index is 0.157. The number of aliphatic hydroxyl groups excluding tert-OH is 1. The number of benzene rings is 4. The van der Waals surface area contributed by atoms with Crippen molar-refractivity contribution in [2.45, 2.75) is 38.1 Å². The Labute approximate surface area is 327 Å². The number of para-hydroxylation sites is 2. The van der Waals surface area contributed by atoms with E-state index in [9.17, 15) is 38.5 Å². The van der Waals surface area contributed by atoms with E-state index in [1.165, 1.54) is 13.8 Å². The largest absolute Gasteiger partial charge is 0.472 e. The average Bonchev–Trinajstić information content (AvgIpc) is 3.20. The molecule has 0 saturated carbocycles. The summed E-state index contributed by atoms with van der Waals surface area (Å²) in [5.74, 6) is -1.33. The predicted octanol–water partition coefficient (Wildman–Crippen LogP) is 6.03. The Balaban J connectivity index is 1.19. The van der Waals surface area contributed by atoms with Crippen molar-refractivity contribution in [2.75, 3.05) is 13.2 Å². The number of phosphoric ester groups is 2. The van der Waals surface area contributed by atoms with E-state index in [0.717, 1.165) is 11.1 Å². The number of phosphoric acid groups is 2. The summed E-state index contributed by atoms with van der Waals surface area (Å²) in [4.78, 5) is 66.8. The van der Waals surface area contributed by atoms with Crippen LogP contribution in [-0.2, 0) is 22.7 Å². The van der Waals surface area contributed by atoms with Crippen molar-refractivity contribution in [3.8, 4) is 22.5 Å². The SMILES string of the molecule is CC(OP(=O)(O)OC(C)C(COP(=O)(O)O)NC(=O)c1cc(-c2ccccc2)nc2ccccc12)C(CO)NC(=O)c1cc(-c2ccccc2)nc2ccccc12. The van der Waals surface area contributed by atoms with Crippen LogP contribution in [-0.4, -0.2) is 79.1 Å². The summed E-state index contributed by atoms with van der Waals surface area (Å²) in [5, 5.41) is 16.5. The van der Waals surface area contributed by atoms with Crippen molar-refractivity contribution in [3.63, 3.8) is 0 Å². The zero-order valence-electron chi connectivity index (χ0n) is 30.7. The van der Waals surface area contributed by atoms with E-state index < -0.39 is 65.0 Å². The molecule has 4 aromatic carbocycles. The quantitative estimate of drug-likeness (QED) is 0.0615. The summed E-state index contributed by atoms with van der Waals surface area (Å²) in [6.07, 6.45) is -2.77. The number of amides is 2. The number of nitrogens with one attached hydrogen (secondary N) is 2. The van der Waals surface area contributed by atoms with Gasteiger partial charge in [-0.25, -0.2) is 19.1 Å². The number of aliphatic hydroxyl groups is 1. The number of hydrogen-bond acceptors (Lipinski definition) is 10. The molecule has 0 aliphatic rings. The first-order valence-corrected chi connectivity index (χ1v) is 20.8. The lowest BCUT2D eigenvalue weighted by Crippen LogP contribution is -2.47. The zero-order valence-corrected chi connectivity index (χ0v) is 32.5. The minimum Gasteiger partial charge on any atom is -0.394 e. The highest BCUT2D eigenvalue weighted by atomic mass is 31.2. The minimum atomic E-state index is -5.08. The van der Waals surface area contributed by atoms with Gasteiger partial charge < -0.3 is 30.4 Å². The molecule has 57 heavy (non-hydrogen) atoms. The molecule has 5 unspecified atom stereocenters. The Hall–Kier alpha value is -5.18. The van der Waals surface area contributed by atoms with Gasteiger partial charge in [-0.1, -0.05) is 97.1 Å². The van der Waals surface area contributed by atoms with Crippen LogP contribution < -0.4 is 10.6 Å². The van der Waals surface area contributed by atoms with Crippen molar-refractivity contribution in [3.05, 3.63) is 132 Å². The summed E-state index contributed by atoms with van der Waals surface area (Å²) >= 11 is 0. The van der Waals surface area contributed by atoms with Gasteiger partial charge >= 0.3 is 15.6 Å². The molecule has 2 amide bonds. The normalized spacial score (nSPS) is 15.0. The third kappa shape index (κ3) is 10.6. The number of pyridine rings is 2. The molecular weight excluding hydrogens is 774 g/mol. The highest BCUT2D eigenvalue weighted by Crippen LogP contribution is 2.47. The lowest BCUT2D eigenvalue weighted by atomic mass is 10.0. The molecule has 296 valence electrons. The van der Waals surface area contributed by atoms with E-state index in [4.69, 9.17) is 13.6 Å². The van der Waals surface area contributed by atoms with Crippen LogP contribution in [0.2, 0.25) is 0 Å². The molecule has 6 N–H and O–H groups in total. The van der Waals surface area contributed by atoms with Crippen LogP contribution in [0.1, 0.15) is 34.6 Å². The smallest absolute Gasteiger partial charge is 0.394 e. The van der Waals surface area contributed by atoms with Crippen LogP contribution >= 0.6 is 15.6 Å². The molecule has 17 heteroatoms. The second-order valence-electron chi connectivity index (χ2n) is 13.1. The summed E-state index contributed by atoms with van der Waals surface area (Å²) < 4.78 is 40.6. The molecule has 0 aliphatic carbocycles. The van der Waals surface area contributed by atoms with Crippen molar-refractivity contribution in [1.82, 2.24) is 20.6 Å². The molecule has 5 atom stereocenters. The fraction of sp³-hybridized carbons (Fsp3) is 0.200. The topological polar surface area (TPSA) is 227 Å². The van der Waals surface area contributed by atoms with Crippen LogP contribution in [0.3, 0.4) is 0 Å². The van der Waals surface area contributed by atoms with Crippen molar-refractivity contribution >= 4 is 49.3 Å². The number of rotatable bonds is 16. The van der Waals surface area contributed by atoms with Gasteiger partial charge in [0, 0.05) is 21.9 Å². The molecule has 0 bridgehead atoms. The molecular formula is C40H40N4O11P2. The Bertz CT molecular complexity index is 2470. The standard InChI is InChI=1S/C40H40N4O11P2/c1-25(37(23-45)43-39(46)31-21-35(27-13-5-3-6-14-27)41-33-19-11-9-17-29(31)33)54-57(51,52)55-26(2)38(24-53-56(48,49)50)44-40(47)32-22-36(28-15-7-4-8-16-28)42-34-20-12-10-18-30(32)34/h3-22,25-26,37-38,45H,23-24H2,1-2H3,(H,43,46)(H,44,47)(H,51,52)(H2,48,49,50). The molecule has 2 aromatic heterocycles. The number of nitrogens with zero attached hydrogens (tertiary/aromatic N) is 2. The summed E-state index contributed by atoms with van der Waals surface area (Å²) in [5.41, 5.74) is 3.95. The zero-order chi connectivity index (χ0) is 40.7. The fourth-order valence-corrected chi connectivity index (χ4v) is 7.65. The molecule has 0 saturated heterocycles. The Morgan fingerprint density at radius 2 is 1.04 bits per heavy atom. The lowest BCUT2D eigenvalue weighted by molar-refractivity contribution is 0.0363. The van der Waals surface area contributed by atoms with Crippen LogP contribution in [0.4, 0.5) is 0 Å². The molecule has 15 nitrogen and oxygen atoms in total. The van der Waals surface area contributed by atoms with E-state index in [0.29, 0.717) is 33.2 Å². The number of carbonyl (C=O) groups is 2. The monoisotopic (exact) mass is 814 g/mol. The third-order valence-corrected chi connectivity index (χ3v) is 10.7. The fourth-order valence-electron chi connectivity index (χ4n) is 6.11. The van der Waals surface area contributed by atoms with E-state index in [1.807, 2.05) is 60.7 Å². The summed E-state index contributed by atoms with van der Waals surface area (Å²) in [6, 6.07) is 32.8. The maximum Gasteiger partial charge on any atom is 0.472 e. The second-order valence-corrected chi connectivity index (χ2v) is 15.7. The molecule has 0 radical (unpaired) electrons. The molecule has 0 spiro atoms. The average molecular weight is 815 g/mol. The van der Waals surface area contributed by atoms with Gasteiger partial charge in [0.2, 0.25) is 0 Å². The van der Waals surface area contributed by atoms with E-state index in [-0.39, 0.29) is 11.1 Å². The van der Waals surface area contributed by atoms with Crippen LogP contribution in [0, 0.1) is 0 Å². The van der Waals surface area contributed by atoms with Crippen LogP contribution in [0.25, 0.3) is 44.3 Å². The maximum atomic E-state index is 13.9. The summed E-state index contributed by atoms with van der Waals surface area (Å²) in [7, 11) is -10.2. The third-order valence-electron chi connectivity index (χ3n) is 9.04. The lowest BCUT2D eigenvalue weighted by Gasteiger charge is -2.29. The molecule has 6 aromatic rings. The Kier molecular flexibility index (Phi) is 13.1. The van der Waals surface area contributed by atoms with Crippen molar-refractivity contribution in [1.29, 1.82) is 0 Å². The molecule has 0 aliphatic heterocycles. The molecule has 6 rings (SSSR count). The Morgan fingerprint density at radius 3 is 1.47 bits per heavy atom. The van der Waals surface area contributed by atoms with E-state index in [2.05, 4.69) is 20.6 Å².